The van der Waals surface area contributed by atoms with Crippen molar-refractivity contribution in [2.24, 2.45) is 0 Å². The number of aromatic nitrogens is 2. The predicted molar refractivity (Wildman–Crippen MR) is 118 cm³/mol. The number of thioether (sulfide) groups is 1. The van der Waals surface area contributed by atoms with Crippen LogP contribution in [-0.4, -0.2) is 54.5 Å². The molecule has 0 aliphatic rings. The Balaban J connectivity index is 1.53. The van der Waals surface area contributed by atoms with Crippen molar-refractivity contribution in [2.45, 2.75) is 11.3 Å². The Morgan fingerprint density at radius 1 is 1.20 bits per heavy atom. The molecule has 1 amide bonds. The maximum atomic E-state index is 12.3. The van der Waals surface area contributed by atoms with Crippen molar-refractivity contribution in [3.8, 4) is 17.2 Å². The van der Waals surface area contributed by atoms with Gasteiger partial charge in [0.2, 0.25) is 11.8 Å². The fourth-order valence-electron chi connectivity index (χ4n) is 2.82. The largest absolute Gasteiger partial charge is 0.497 e. The van der Waals surface area contributed by atoms with E-state index >= 15 is 0 Å². The van der Waals surface area contributed by atoms with Crippen LogP contribution in [0.4, 0.5) is 0 Å². The molecule has 158 valence electrons. The molecule has 1 heterocycles. The van der Waals surface area contributed by atoms with Crippen LogP contribution < -0.4 is 10.1 Å². The van der Waals surface area contributed by atoms with Crippen molar-refractivity contribution < 1.29 is 13.9 Å². The van der Waals surface area contributed by atoms with E-state index in [0.717, 1.165) is 16.9 Å². The summed E-state index contributed by atoms with van der Waals surface area (Å²) in [6, 6.07) is 14.9. The van der Waals surface area contributed by atoms with Gasteiger partial charge >= 0.3 is 0 Å². The van der Waals surface area contributed by atoms with E-state index in [4.69, 9.17) is 20.8 Å². The highest BCUT2D eigenvalue weighted by molar-refractivity contribution is 7.99. The molecule has 0 aliphatic heterocycles. The normalized spacial score (nSPS) is 12.0. The van der Waals surface area contributed by atoms with Crippen molar-refractivity contribution >= 4 is 29.3 Å². The van der Waals surface area contributed by atoms with Gasteiger partial charge in [0.1, 0.15) is 5.75 Å². The van der Waals surface area contributed by atoms with Gasteiger partial charge in [-0.1, -0.05) is 41.6 Å². The Labute approximate surface area is 184 Å². The van der Waals surface area contributed by atoms with Gasteiger partial charge in [-0.05, 0) is 50.0 Å². The second-order valence-electron chi connectivity index (χ2n) is 6.70. The molecule has 0 fully saturated rings. The van der Waals surface area contributed by atoms with Crippen molar-refractivity contribution in [1.82, 2.24) is 20.4 Å². The first-order valence-corrected chi connectivity index (χ1v) is 10.6. The molecule has 1 atom stereocenters. The molecular formula is C21H23ClN4O3S. The molecule has 0 radical (unpaired) electrons. The van der Waals surface area contributed by atoms with Crippen LogP contribution in [0.3, 0.4) is 0 Å². The number of nitrogens with one attached hydrogen (secondary N) is 1. The van der Waals surface area contributed by atoms with Crippen molar-refractivity contribution in [3.63, 3.8) is 0 Å². The summed E-state index contributed by atoms with van der Waals surface area (Å²) < 4.78 is 10.8. The lowest BCUT2D eigenvalue weighted by atomic mass is 10.1. The summed E-state index contributed by atoms with van der Waals surface area (Å²) in [5.41, 5.74) is 1.76. The fraction of sp³-hybridized carbons (Fsp3) is 0.286. The number of methoxy groups -OCH3 is 1. The number of carbonyl (C=O) groups is 1. The fourth-order valence-corrected chi connectivity index (χ4v) is 3.68. The lowest BCUT2D eigenvalue weighted by Crippen LogP contribution is -2.35. The summed E-state index contributed by atoms with van der Waals surface area (Å²) in [5.74, 6) is 1.19. The summed E-state index contributed by atoms with van der Waals surface area (Å²) in [5, 5.41) is 12.0. The zero-order valence-electron chi connectivity index (χ0n) is 17.0. The highest BCUT2D eigenvalue weighted by atomic mass is 35.5. The molecule has 2 aromatic carbocycles. The lowest BCUT2D eigenvalue weighted by molar-refractivity contribution is -0.118. The van der Waals surface area contributed by atoms with Crippen LogP contribution in [0.25, 0.3) is 11.5 Å². The second-order valence-corrected chi connectivity index (χ2v) is 8.03. The number of carbonyl (C=O) groups excluding carboxylic acids is 1. The topological polar surface area (TPSA) is 80.5 Å². The van der Waals surface area contributed by atoms with Gasteiger partial charge in [0.05, 0.1) is 18.9 Å². The molecule has 9 heteroatoms. The molecule has 7 nitrogen and oxygen atoms in total. The third-order valence-electron chi connectivity index (χ3n) is 4.45. The summed E-state index contributed by atoms with van der Waals surface area (Å²) in [6.07, 6.45) is 0. The van der Waals surface area contributed by atoms with E-state index in [-0.39, 0.29) is 17.7 Å². The minimum Gasteiger partial charge on any atom is -0.497 e. The van der Waals surface area contributed by atoms with E-state index in [0.29, 0.717) is 22.7 Å². The number of likely N-dealkylation sites (N-methyl/N-ethyl adjacent to an activating group) is 1. The highest BCUT2D eigenvalue weighted by Gasteiger charge is 2.18. The third kappa shape index (κ3) is 5.75. The number of rotatable bonds is 9. The van der Waals surface area contributed by atoms with Gasteiger partial charge in [0.25, 0.3) is 5.22 Å². The average molecular weight is 447 g/mol. The van der Waals surface area contributed by atoms with E-state index in [2.05, 4.69) is 15.5 Å². The molecule has 30 heavy (non-hydrogen) atoms. The highest BCUT2D eigenvalue weighted by Crippen LogP contribution is 2.26. The number of ether oxygens (including phenoxy) is 1. The number of amides is 1. The first kappa shape index (κ1) is 22.1. The van der Waals surface area contributed by atoms with E-state index < -0.39 is 0 Å². The van der Waals surface area contributed by atoms with E-state index in [1.807, 2.05) is 67.5 Å². The number of benzene rings is 2. The number of hydrogen-bond acceptors (Lipinski definition) is 7. The summed E-state index contributed by atoms with van der Waals surface area (Å²) in [6.45, 7) is 0.442. The first-order chi connectivity index (χ1) is 14.5. The molecule has 3 rings (SSSR count). The van der Waals surface area contributed by atoms with Gasteiger partial charge in [-0.3, -0.25) is 4.79 Å². The molecule has 0 bridgehead atoms. The number of halogens is 1. The monoisotopic (exact) mass is 446 g/mol. The van der Waals surface area contributed by atoms with E-state index in [9.17, 15) is 4.79 Å². The molecule has 0 aliphatic carbocycles. The maximum absolute atomic E-state index is 12.3. The molecule has 0 saturated carbocycles. The Morgan fingerprint density at radius 3 is 2.60 bits per heavy atom. The zero-order valence-corrected chi connectivity index (χ0v) is 18.5. The van der Waals surface area contributed by atoms with Crippen molar-refractivity contribution in [3.05, 3.63) is 59.1 Å². The summed E-state index contributed by atoms with van der Waals surface area (Å²) >= 11 is 7.51. The van der Waals surface area contributed by atoms with Gasteiger partial charge < -0.3 is 19.4 Å². The van der Waals surface area contributed by atoms with Gasteiger partial charge in [0, 0.05) is 17.1 Å². The molecule has 0 spiro atoms. The van der Waals surface area contributed by atoms with Crippen molar-refractivity contribution in [1.29, 1.82) is 0 Å². The Bertz CT molecular complexity index is 978. The molecule has 1 aromatic heterocycles. The SMILES string of the molecule is COc1ccc(-c2nnc(SCC(=O)NCC(c3ccccc3Cl)N(C)C)o2)cc1. The first-order valence-electron chi connectivity index (χ1n) is 9.26. The Kier molecular flexibility index (Phi) is 7.73. The molecule has 0 saturated heterocycles. The van der Waals surface area contributed by atoms with Gasteiger partial charge in [-0.25, -0.2) is 0 Å². The number of nitrogens with zero attached hydrogens (tertiary/aromatic N) is 3. The minimum atomic E-state index is -0.122. The standard InChI is InChI=1S/C21H23ClN4O3S/c1-26(2)18(16-6-4-5-7-17(16)22)12-23-19(27)13-30-21-25-24-20(29-21)14-8-10-15(28-3)11-9-14/h4-11,18H,12-13H2,1-3H3,(H,23,27). The molecule has 1 unspecified atom stereocenters. The zero-order chi connectivity index (χ0) is 21.5. The summed E-state index contributed by atoms with van der Waals surface area (Å²) in [4.78, 5) is 14.3. The average Bonchev–Trinajstić information content (AvgIpc) is 3.22. The molecular weight excluding hydrogens is 424 g/mol. The van der Waals surface area contributed by atoms with E-state index in [1.165, 1.54) is 11.8 Å². The smallest absolute Gasteiger partial charge is 0.277 e. The van der Waals surface area contributed by atoms with Crippen molar-refractivity contribution in [2.75, 3.05) is 33.5 Å². The van der Waals surface area contributed by atoms with Gasteiger partial charge in [-0.15, -0.1) is 10.2 Å². The van der Waals surface area contributed by atoms with Crippen LogP contribution in [0.15, 0.2) is 58.2 Å². The second kappa shape index (κ2) is 10.5. The Morgan fingerprint density at radius 2 is 1.93 bits per heavy atom. The Hall–Kier alpha value is -2.55. The lowest BCUT2D eigenvalue weighted by Gasteiger charge is -2.25. The maximum Gasteiger partial charge on any atom is 0.277 e. The molecule has 3 aromatic rings. The van der Waals surface area contributed by atoms with Crippen LogP contribution in [0, 0.1) is 0 Å². The van der Waals surface area contributed by atoms with Gasteiger partial charge in [-0.2, -0.15) is 0 Å². The minimum absolute atomic E-state index is 0.0299. The van der Waals surface area contributed by atoms with Gasteiger partial charge in [0.15, 0.2) is 0 Å². The van der Waals surface area contributed by atoms with Crippen LogP contribution in [0.1, 0.15) is 11.6 Å². The quantitative estimate of drug-likeness (QED) is 0.499. The van der Waals surface area contributed by atoms with Crippen LogP contribution >= 0.6 is 23.4 Å². The van der Waals surface area contributed by atoms with Crippen LogP contribution in [-0.2, 0) is 4.79 Å². The van der Waals surface area contributed by atoms with Crippen LogP contribution in [0.5, 0.6) is 5.75 Å². The molecule has 1 N–H and O–H groups in total. The summed E-state index contributed by atoms with van der Waals surface area (Å²) in [7, 11) is 5.51. The van der Waals surface area contributed by atoms with Crippen LogP contribution in [0.2, 0.25) is 5.02 Å². The van der Waals surface area contributed by atoms with E-state index in [1.54, 1.807) is 7.11 Å². The number of hydrogen-bond donors (Lipinski definition) is 1. The third-order valence-corrected chi connectivity index (χ3v) is 5.61. The predicted octanol–water partition coefficient (Wildman–Crippen LogP) is 3.91.